The maximum atomic E-state index is 12.5. The van der Waals surface area contributed by atoms with Crippen molar-refractivity contribution in [3.63, 3.8) is 0 Å². The number of benzene rings is 1. The maximum Gasteiger partial charge on any atom is 0.305 e. The van der Waals surface area contributed by atoms with Crippen molar-refractivity contribution in [2.45, 2.75) is 25.0 Å². The van der Waals surface area contributed by atoms with Gasteiger partial charge in [0.25, 0.3) is 5.91 Å². The van der Waals surface area contributed by atoms with Gasteiger partial charge < -0.3 is 14.7 Å². The molecule has 21 heavy (non-hydrogen) atoms. The first-order chi connectivity index (χ1) is 9.92. The molecule has 1 saturated heterocycles. The Hall–Kier alpha value is -1.30. The average molecular weight is 332 g/mol. The summed E-state index contributed by atoms with van der Waals surface area (Å²) < 4.78 is 5.25. The Morgan fingerprint density at radius 3 is 2.67 bits per heavy atom. The van der Waals surface area contributed by atoms with Gasteiger partial charge in [-0.2, -0.15) is 0 Å². The standard InChI is InChI=1S/C14H15Cl2NO4/c1-21-10-5-9(6-13(18)19)17(7-10)14(20)8-2-3-11(15)12(16)4-8/h2-4,9-10H,5-7H2,1H3,(H,18,19). The monoisotopic (exact) mass is 331 g/mol. The summed E-state index contributed by atoms with van der Waals surface area (Å²) in [6.07, 6.45) is 0.254. The summed E-state index contributed by atoms with van der Waals surface area (Å²) in [5.41, 5.74) is 0.386. The zero-order valence-electron chi connectivity index (χ0n) is 11.4. The van der Waals surface area contributed by atoms with Crippen LogP contribution in [0.1, 0.15) is 23.2 Å². The Bertz CT molecular complexity index is 564. The molecule has 0 saturated carbocycles. The number of carbonyl (C=O) groups excluding carboxylic acids is 1. The second-order valence-corrected chi connectivity index (χ2v) is 5.75. The number of nitrogens with zero attached hydrogens (tertiary/aromatic N) is 1. The minimum Gasteiger partial charge on any atom is -0.481 e. The second-order valence-electron chi connectivity index (χ2n) is 4.93. The summed E-state index contributed by atoms with van der Waals surface area (Å²) in [5.74, 6) is -1.21. The van der Waals surface area contributed by atoms with E-state index in [0.29, 0.717) is 28.6 Å². The molecule has 5 nitrogen and oxygen atoms in total. The Balaban J connectivity index is 2.22. The van der Waals surface area contributed by atoms with E-state index in [1.807, 2.05) is 0 Å². The van der Waals surface area contributed by atoms with E-state index in [1.165, 1.54) is 11.0 Å². The molecule has 1 aromatic rings. The summed E-state index contributed by atoms with van der Waals surface area (Å²) in [6.45, 7) is 0.369. The third-order valence-corrected chi connectivity index (χ3v) is 4.29. The van der Waals surface area contributed by atoms with E-state index in [2.05, 4.69) is 0 Å². The van der Waals surface area contributed by atoms with Crippen molar-refractivity contribution in [1.29, 1.82) is 0 Å². The van der Waals surface area contributed by atoms with Crippen molar-refractivity contribution in [1.82, 2.24) is 4.90 Å². The molecule has 2 unspecified atom stereocenters. The van der Waals surface area contributed by atoms with Crippen LogP contribution >= 0.6 is 23.2 Å². The summed E-state index contributed by atoms with van der Waals surface area (Å²) >= 11 is 11.8. The number of hydrogen-bond donors (Lipinski definition) is 1. The lowest BCUT2D eigenvalue weighted by Gasteiger charge is -2.23. The number of ether oxygens (including phenoxy) is 1. The highest BCUT2D eigenvalue weighted by atomic mass is 35.5. The molecule has 1 aromatic carbocycles. The first kappa shape index (κ1) is 16.1. The number of carboxylic acids is 1. The largest absolute Gasteiger partial charge is 0.481 e. The SMILES string of the molecule is COC1CC(CC(=O)O)N(C(=O)c2ccc(Cl)c(Cl)c2)C1. The third-order valence-electron chi connectivity index (χ3n) is 3.55. The average Bonchev–Trinajstić information content (AvgIpc) is 2.83. The Kier molecular flexibility index (Phi) is 5.08. The highest BCUT2D eigenvalue weighted by molar-refractivity contribution is 6.42. The van der Waals surface area contributed by atoms with Gasteiger partial charge in [0.1, 0.15) is 0 Å². The molecule has 2 rings (SSSR count). The van der Waals surface area contributed by atoms with Crippen LogP contribution in [0.2, 0.25) is 10.0 Å². The zero-order chi connectivity index (χ0) is 15.6. The van der Waals surface area contributed by atoms with Gasteiger partial charge in [-0.3, -0.25) is 9.59 Å². The van der Waals surface area contributed by atoms with E-state index < -0.39 is 5.97 Å². The quantitative estimate of drug-likeness (QED) is 0.921. The van der Waals surface area contributed by atoms with E-state index >= 15 is 0 Å². The number of rotatable bonds is 4. The van der Waals surface area contributed by atoms with Crippen molar-refractivity contribution < 1.29 is 19.4 Å². The number of halogens is 2. The maximum absolute atomic E-state index is 12.5. The van der Waals surface area contributed by atoms with Crippen LogP contribution in [0.25, 0.3) is 0 Å². The molecule has 1 heterocycles. The van der Waals surface area contributed by atoms with Crippen molar-refractivity contribution in [2.24, 2.45) is 0 Å². The molecule has 114 valence electrons. The molecular formula is C14H15Cl2NO4. The Morgan fingerprint density at radius 1 is 1.38 bits per heavy atom. The lowest BCUT2D eigenvalue weighted by molar-refractivity contribution is -0.137. The van der Waals surface area contributed by atoms with Gasteiger partial charge in [0.05, 0.1) is 22.6 Å². The van der Waals surface area contributed by atoms with Crippen LogP contribution in [0.4, 0.5) is 0 Å². The zero-order valence-corrected chi connectivity index (χ0v) is 12.9. The smallest absolute Gasteiger partial charge is 0.305 e. The molecule has 1 aliphatic heterocycles. The molecule has 1 fully saturated rings. The Morgan fingerprint density at radius 2 is 2.10 bits per heavy atom. The number of hydrogen-bond acceptors (Lipinski definition) is 3. The first-order valence-corrected chi connectivity index (χ1v) is 7.18. The molecule has 1 amide bonds. The van der Waals surface area contributed by atoms with Crippen LogP contribution in [0.5, 0.6) is 0 Å². The predicted octanol–water partition coefficient (Wildman–Crippen LogP) is 2.70. The van der Waals surface area contributed by atoms with Gasteiger partial charge in [0.15, 0.2) is 0 Å². The molecular weight excluding hydrogens is 317 g/mol. The number of carbonyl (C=O) groups is 2. The van der Waals surface area contributed by atoms with E-state index in [9.17, 15) is 9.59 Å². The third kappa shape index (κ3) is 3.67. The molecule has 0 radical (unpaired) electrons. The van der Waals surface area contributed by atoms with Crippen molar-refractivity contribution >= 4 is 35.1 Å². The molecule has 0 aliphatic carbocycles. The molecule has 1 N–H and O–H groups in total. The van der Waals surface area contributed by atoms with Crippen LogP contribution in [-0.2, 0) is 9.53 Å². The van der Waals surface area contributed by atoms with E-state index in [-0.39, 0.29) is 24.5 Å². The van der Waals surface area contributed by atoms with Crippen LogP contribution in [0.15, 0.2) is 18.2 Å². The molecule has 0 spiro atoms. The highest BCUT2D eigenvalue weighted by Crippen LogP contribution is 2.27. The van der Waals surface area contributed by atoms with Crippen molar-refractivity contribution in [3.8, 4) is 0 Å². The van der Waals surface area contributed by atoms with Gasteiger partial charge in [-0.05, 0) is 24.6 Å². The van der Waals surface area contributed by atoms with Gasteiger partial charge in [-0.15, -0.1) is 0 Å². The summed E-state index contributed by atoms with van der Waals surface area (Å²) in [4.78, 5) is 25.0. The fourth-order valence-electron chi connectivity index (χ4n) is 2.48. The van der Waals surface area contributed by atoms with E-state index in [0.717, 1.165) is 0 Å². The number of methoxy groups -OCH3 is 1. The first-order valence-electron chi connectivity index (χ1n) is 6.43. The molecule has 1 aliphatic rings. The van der Waals surface area contributed by atoms with Crippen molar-refractivity contribution in [2.75, 3.05) is 13.7 Å². The fraction of sp³-hybridized carbons (Fsp3) is 0.429. The van der Waals surface area contributed by atoms with E-state index in [4.69, 9.17) is 33.0 Å². The topological polar surface area (TPSA) is 66.8 Å². The number of carboxylic acid groups (broad SMARTS) is 1. The summed E-state index contributed by atoms with van der Waals surface area (Å²) in [6, 6.07) is 4.24. The number of likely N-dealkylation sites (tertiary alicyclic amines) is 1. The summed E-state index contributed by atoms with van der Waals surface area (Å²) in [7, 11) is 1.55. The van der Waals surface area contributed by atoms with E-state index in [1.54, 1.807) is 19.2 Å². The second kappa shape index (κ2) is 6.64. The van der Waals surface area contributed by atoms with Gasteiger partial charge in [-0.1, -0.05) is 23.2 Å². The van der Waals surface area contributed by atoms with Crippen LogP contribution < -0.4 is 0 Å². The number of aliphatic carboxylic acids is 1. The van der Waals surface area contributed by atoms with Gasteiger partial charge in [-0.25, -0.2) is 0 Å². The minimum atomic E-state index is -0.941. The molecule has 0 aromatic heterocycles. The molecule has 2 atom stereocenters. The Labute approximate surface area is 132 Å². The van der Waals surface area contributed by atoms with Crippen LogP contribution in [-0.4, -0.2) is 47.7 Å². The van der Waals surface area contributed by atoms with Crippen molar-refractivity contribution in [3.05, 3.63) is 33.8 Å². The lowest BCUT2D eigenvalue weighted by atomic mass is 10.1. The highest BCUT2D eigenvalue weighted by Gasteiger charge is 2.36. The van der Waals surface area contributed by atoms with Gasteiger partial charge >= 0.3 is 5.97 Å². The predicted molar refractivity (Wildman–Crippen MR) is 79.0 cm³/mol. The van der Waals surface area contributed by atoms with Gasteiger partial charge in [0.2, 0.25) is 0 Å². The van der Waals surface area contributed by atoms with Crippen LogP contribution in [0.3, 0.4) is 0 Å². The number of amides is 1. The molecule has 7 heteroatoms. The fourth-order valence-corrected chi connectivity index (χ4v) is 2.78. The lowest BCUT2D eigenvalue weighted by Crippen LogP contribution is -2.37. The van der Waals surface area contributed by atoms with Crippen LogP contribution in [0, 0.1) is 0 Å². The molecule has 0 bridgehead atoms. The minimum absolute atomic E-state index is 0.104. The normalized spacial score (nSPS) is 21.6. The van der Waals surface area contributed by atoms with Gasteiger partial charge in [0, 0.05) is 25.3 Å². The summed E-state index contributed by atoms with van der Waals surface area (Å²) in [5, 5.41) is 9.62.